The molecule has 1 fully saturated rings. The van der Waals surface area contributed by atoms with Crippen molar-refractivity contribution in [2.75, 3.05) is 19.7 Å². The molecule has 1 atom stereocenters. The highest BCUT2D eigenvalue weighted by atomic mass is 32.2. The Morgan fingerprint density at radius 1 is 1.17 bits per heavy atom. The minimum Gasteiger partial charge on any atom is -0.491 e. The Hall–Kier alpha value is -2.38. The number of nitrogens with zero attached hydrogens (tertiary/aromatic N) is 1. The maximum Gasteiger partial charge on any atom is 0.251 e. The lowest BCUT2D eigenvalue weighted by Gasteiger charge is -2.29. The van der Waals surface area contributed by atoms with Gasteiger partial charge in [0, 0.05) is 18.7 Å². The molecule has 0 aliphatic carbocycles. The number of piperidine rings is 1. The molecule has 1 aliphatic rings. The summed E-state index contributed by atoms with van der Waals surface area (Å²) in [5.41, 5.74) is 1.47. The summed E-state index contributed by atoms with van der Waals surface area (Å²) in [5.74, 6) is 0.960. The number of sulfonamides is 1. The molecule has 3 rings (SSSR count). The standard InChI is InChI=1S/C23H30N2O4S/c1-17-7-9-21(10-8-17)29-16-19(3)24-23(26)20-5-4-6-22(15-20)30(27,28)25-13-11-18(2)12-14-25/h4-10,15,18-19H,11-14,16H2,1-3H3,(H,24,26)/t19-/m0/s1. The van der Waals surface area contributed by atoms with Gasteiger partial charge in [-0.05, 0) is 62.9 Å². The molecule has 6 nitrogen and oxygen atoms in total. The maximum absolute atomic E-state index is 12.9. The molecule has 2 aromatic carbocycles. The largest absolute Gasteiger partial charge is 0.491 e. The van der Waals surface area contributed by atoms with E-state index in [1.807, 2.05) is 38.1 Å². The van der Waals surface area contributed by atoms with E-state index in [1.165, 1.54) is 10.4 Å². The van der Waals surface area contributed by atoms with Crippen LogP contribution in [0.15, 0.2) is 53.4 Å². The number of nitrogens with one attached hydrogen (secondary N) is 1. The van der Waals surface area contributed by atoms with E-state index in [0.29, 0.717) is 31.2 Å². The predicted molar refractivity (Wildman–Crippen MR) is 117 cm³/mol. The fourth-order valence-corrected chi connectivity index (χ4v) is 4.89. The molecule has 1 aliphatic heterocycles. The first-order valence-corrected chi connectivity index (χ1v) is 11.8. The van der Waals surface area contributed by atoms with Gasteiger partial charge in [0.1, 0.15) is 12.4 Å². The first-order chi connectivity index (χ1) is 14.3. The SMILES string of the molecule is Cc1ccc(OC[C@H](C)NC(=O)c2cccc(S(=O)(=O)N3CCC(C)CC3)c2)cc1. The highest BCUT2D eigenvalue weighted by molar-refractivity contribution is 7.89. The van der Waals surface area contributed by atoms with Crippen LogP contribution in [-0.4, -0.2) is 44.4 Å². The average molecular weight is 431 g/mol. The minimum atomic E-state index is -3.59. The number of aryl methyl sites for hydroxylation is 1. The van der Waals surface area contributed by atoms with Crippen LogP contribution < -0.4 is 10.1 Å². The molecule has 162 valence electrons. The van der Waals surface area contributed by atoms with Crippen molar-refractivity contribution in [2.45, 2.75) is 44.6 Å². The molecule has 0 saturated carbocycles. The third-order valence-electron chi connectivity index (χ3n) is 5.38. The zero-order valence-corrected chi connectivity index (χ0v) is 18.6. The van der Waals surface area contributed by atoms with Gasteiger partial charge in [0.2, 0.25) is 10.0 Å². The Morgan fingerprint density at radius 3 is 2.50 bits per heavy atom. The van der Waals surface area contributed by atoms with Crippen molar-refractivity contribution in [2.24, 2.45) is 5.92 Å². The molecule has 1 amide bonds. The molecule has 7 heteroatoms. The van der Waals surface area contributed by atoms with E-state index in [9.17, 15) is 13.2 Å². The summed E-state index contributed by atoms with van der Waals surface area (Å²) in [5, 5.41) is 2.87. The predicted octanol–water partition coefficient (Wildman–Crippen LogP) is 3.61. The normalized spacial score (nSPS) is 16.8. The molecule has 0 spiro atoms. The van der Waals surface area contributed by atoms with E-state index in [1.54, 1.807) is 18.2 Å². The second-order valence-electron chi connectivity index (χ2n) is 8.11. The summed E-state index contributed by atoms with van der Waals surface area (Å²) in [4.78, 5) is 12.8. The lowest BCUT2D eigenvalue weighted by molar-refractivity contribution is 0.0926. The number of ether oxygens (including phenoxy) is 1. The fraction of sp³-hybridized carbons (Fsp3) is 0.435. The zero-order valence-electron chi connectivity index (χ0n) is 17.8. The number of benzene rings is 2. The van der Waals surface area contributed by atoms with E-state index >= 15 is 0 Å². The first-order valence-electron chi connectivity index (χ1n) is 10.4. The van der Waals surface area contributed by atoms with Crippen LogP contribution in [0, 0.1) is 12.8 Å². The molecule has 1 N–H and O–H groups in total. The summed E-state index contributed by atoms with van der Waals surface area (Å²) in [7, 11) is -3.59. The van der Waals surface area contributed by atoms with Crippen molar-refractivity contribution >= 4 is 15.9 Å². The van der Waals surface area contributed by atoms with Crippen molar-refractivity contribution in [1.82, 2.24) is 9.62 Å². The second-order valence-corrected chi connectivity index (χ2v) is 10.1. The summed E-state index contributed by atoms with van der Waals surface area (Å²) < 4.78 is 33.1. The second kappa shape index (κ2) is 9.62. The first kappa shape index (κ1) is 22.3. The van der Waals surface area contributed by atoms with Crippen LogP contribution in [0.3, 0.4) is 0 Å². The van der Waals surface area contributed by atoms with Gasteiger partial charge in [0.05, 0.1) is 10.9 Å². The van der Waals surface area contributed by atoms with Gasteiger partial charge in [-0.3, -0.25) is 4.79 Å². The van der Waals surface area contributed by atoms with E-state index in [4.69, 9.17) is 4.74 Å². The van der Waals surface area contributed by atoms with Gasteiger partial charge in [-0.2, -0.15) is 4.31 Å². The Labute approximate surface area is 179 Å². The number of rotatable bonds is 7. The highest BCUT2D eigenvalue weighted by Crippen LogP contribution is 2.24. The number of carbonyl (C=O) groups excluding carboxylic acids is 1. The van der Waals surface area contributed by atoms with Crippen LogP contribution in [0.2, 0.25) is 0 Å². The third-order valence-corrected chi connectivity index (χ3v) is 7.27. The molecule has 1 heterocycles. The summed E-state index contributed by atoms with van der Waals surface area (Å²) in [6, 6.07) is 13.7. The van der Waals surface area contributed by atoms with E-state index in [-0.39, 0.29) is 16.8 Å². The molecule has 1 saturated heterocycles. The highest BCUT2D eigenvalue weighted by Gasteiger charge is 2.28. The number of carbonyl (C=O) groups is 1. The van der Waals surface area contributed by atoms with Gasteiger partial charge in [0.25, 0.3) is 5.91 Å². The molecule has 0 radical (unpaired) electrons. The van der Waals surface area contributed by atoms with Crippen LogP contribution in [0.25, 0.3) is 0 Å². The molecular formula is C23H30N2O4S. The Kier molecular flexibility index (Phi) is 7.15. The Bertz CT molecular complexity index is 965. The molecule has 0 aromatic heterocycles. The summed E-state index contributed by atoms with van der Waals surface area (Å²) >= 11 is 0. The smallest absolute Gasteiger partial charge is 0.251 e. The topological polar surface area (TPSA) is 75.7 Å². The lowest BCUT2D eigenvalue weighted by atomic mass is 10.0. The average Bonchev–Trinajstić information content (AvgIpc) is 2.74. The number of amides is 1. The van der Waals surface area contributed by atoms with E-state index in [2.05, 4.69) is 12.2 Å². The summed E-state index contributed by atoms with van der Waals surface area (Å²) in [6.07, 6.45) is 1.72. The monoisotopic (exact) mass is 430 g/mol. The van der Waals surface area contributed by atoms with E-state index < -0.39 is 10.0 Å². The molecule has 0 unspecified atom stereocenters. The van der Waals surface area contributed by atoms with Gasteiger partial charge in [-0.25, -0.2) is 8.42 Å². The van der Waals surface area contributed by atoms with Crippen LogP contribution in [0.4, 0.5) is 0 Å². The van der Waals surface area contributed by atoms with Crippen LogP contribution in [0.5, 0.6) is 5.75 Å². The number of hydrogen-bond donors (Lipinski definition) is 1. The van der Waals surface area contributed by atoms with Crippen LogP contribution >= 0.6 is 0 Å². The van der Waals surface area contributed by atoms with Crippen molar-refractivity contribution in [3.63, 3.8) is 0 Å². The summed E-state index contributed by atoms with van der Waals surface area (Å²) in [6.45, 7) is 7.35. The Morgan fingerprint density at radius 2 is 1.83 bits per heavy atom. The molecule has 2 aromatic rings. The van der Waals surface area contributed by atoms with Crippen molar-refractivity contribution in [1.29, 1.82) is 0 Å². The quantitative estimate of drug-likeness (QED) is 0.728. The van der Waals surface area contributed by atoms with Gasteiger partial charge in [-0.1, -0.05) is 30.7 Å². The van der Waals surface area contributed by atoms with Crippen LogP contribution in [-0.2, 0) is 10.0 Å². The van der Waals surface area contributed by atoms with Crippen molar-refractivity contribution in [3.05, 3.63) is 59.7 Å². The van der Waals surface area contributed by atoms with Crippen LogP contribution in [0.1, 0.15) is 42.6 Å². The Balaban J connectivity index is 1.61. The lowest BCUT2D eigenvalue weighted by Crippen LogP contribution is -2.38. The maximum atomic E-state index is 12.9. The molecule has 30 heavy (non-hydrogen) atoms. The van der Waals surface area contributed by atoms with Gasteiger partial charge >= 0.3 is 0 Å². The minimum absolute atomic E-state index is 0.160. The van der Waals surface area contributed by atoms with Crippen molar-refractivity contribution < 1.29 is 17.9 Å². The van der Waals surface area contributed by atoms with Gasteiger partial charge in [-0.15, -0.1) is 0 Å². The van der Waals surface area contributed by atoms with Crippen molar-refractivity contribution in [3.8, 4) is 5.75 Å². The zero-order chi connectivity index (χ0) is 21.7. The molecule has 0 bridgehead atoms. The number of hydrogen-bond acceptors (Lipinski definition) is 4. The van der Waals surface area contributed by atoms with Gasteiger partial charge < -0.3 is 10.1 Å². The van der Waals surface area contributed by atoms with E-state index in [0.717, 1.165) is 24.2 Å². The molecular weight excluding hydrogens is 400 g/mol. The van der Waals surface area contributed by atoms with Gasteiger partial charge in [0.15, 0.2) is 0 Å². The third kappa shape index (κ3) is 5.61. The fourth-order valence-electron chi connectivity index (χ4n) is 3.38.